The monoisotopic (exact) mass is 736 g/mol. The number of nitrogens with two attached hydrogens (primary N) is 5. The Hall–Kier alpha value is -4.93. The van der Waals surface area contributed by atoms with Gasteiger partial charge in [-0.2, -0.15) is 0 Å². The number of hydrogen-bond donors (Lipinski definition) is 6. The van der Waals surface area contributed by atoms with Crippen LogP contribution in [0.25, 0.3) is 0 Å². The Balaban J connectivity index is 1.66. The standard InChI is InChI=1S/C33H39N8O6P3/c1-2-23-42-50(46-32-19-9-27(37)10-20-32,47-33-21-11-28(38)12-22-33)40-48-39-49(44-30-15-5-25(35)6-16-30,45-31-17-7-26(36)8-18-31)41(50)43-29-13-3-24(34)4-14-29/h3-22,40,48H,2,23,34-38H2,1H3. The number of nitrogen functional groups attached to an aromatic ring is 5. The number of anilines is 5. The van der Waals surface area contributed by atoms with Crippen molar-refractivity contribution in [2.45, 2.75) is 13.3 Å². The molecule has 262 valence electrons. The Labute approximate surface area is 292 Å². The first-order valence-corrected chi connectivity index (χ1v) is 19.9. The molecule has 0 bridgehead atoms. The average Bonchev–Trinajstić information content (AvgIpc) is 3.11. The zero-order valence-electron chi connectivity index (χ0n) is 27.1. The van der Waals surface area contributed by atoms with Crippen LogP contribution in [0.5, 0.6) is 28.7 Å². The number of nitrogens with one attached hydrogen (secondary N) is 1. The van der Waals surface area contributed by atoms with Crippen molar-refractivity contribution in [3.8, 4) is 28.7 Å². The van der Waals surface area contributed by atoms with Crippen molar-refractivity contribution in [2.24, 2.45) is 4.52 Å². The van der Waals surface area contributed by atoms with Crippen LogP contribution in [0.3, 0.4) is 0 Å². The van der Waals surface area contributed by atoms with Crippen molar-refractivity contribution < 1.29 is 27.5 Å². The van der Waals surface area contributed by atoms with Crippen molar-refractivity contribution in [3.05, 3.63) is 121 Å². The van der Waals surface area contributed by atoms with E-state index < -0.39 is 24.1 Å². The summed E-state index contributed by atoms with van der Waals surface area (Å²) in [6.07, 6.45) is 0.564. The van der Waals surface area contributed by atoms with Crippen molar-refractivity contribution in [2.75, 3.05) is 35.3 Å². The van der Waals surface area contributed by atoms with E-state index in [0.717, 1.165) is 0 Å². The fraction of sp³-hybridized carbons (Fsp3) is 0.0909. The molecular formula is C33H39N8O6P3. The Morgan fingerprint density at radius 1 is 0.580 bits per heavy atom. The molecule has 0 radical (unpaired) electrons. The van der Waals surface area contributed by atoms with Gasteiger partial charge in [-0.1, -0.05) is 0 Å². The molecule has 0 fully saturated rings. The summed E-state index contributed by atoms with van der Waals surface area (Å²) in [4.78, 5) is 10.2. The predicted octanol–water partition coefficient (Wildman–Crippen LogP) is 8.12. The first kappa shape index (κ1) is 34.9. The van der Waals surface area contributed by atoms with E-state index in [4.69, 9.17) is 60.6 Å². The third-order valence-corrected chi connectivity index (χ3v) is 15.7. The minimum absolute atomic E-state index is 0.143. The SMILES string of the molecule is CCCOP1(Oc2ccc(N)cc2)(Oc2ccc(N)cc2)NPN=P(Oc2ccc(N)cc2)(Oc2ccc(N)cc2)N1Oc1ccc(N)cc1. The Kier molecular flexibility index (Phi) is 10.1. The quantitative estimate of drug-likeness (QED) is 0.0498. The molecular weight excluding hydrogens is 697 g/mol. The van der Waals surface area contributed by atoms with Gasteiger partial charge < -0.3 is 0 Å². The van der Waals surface area contributed by atoms with Crippen molar-refractivity contribution >= 4 is 52.6 Å². The van der Waals surface area contributed by atoms with Crippen LogP contribution in [-0.4, -0.2) is 11.2 Å². The third kappa shape index (κ3) is 7.61. The molecule has 11 N–H and O–H groups in total. The van der Waals surface area contributed by atoms with Crippen molar-refractivity contribution in [3.63, 3.8) is 0 Å². The molecule has 0 spiro atoms. The van der Waals surface area contributed by atoms with Gasteiger partial charge in [0.15, 0.2) is 0 Å². The molecule has 0 aliphatic carbocycles. The van der Waals surface area contributed by atoms with E-state index in [2.05, 4.69) is 4.86 Å². The van der Waals surface area contributed by atoms with Gasteiger partial charge in [0.25, 0.3) is 0 Å². The summed E-state index contributed by atoms with van der Waals surface area (Å²) < 4.78 is 41.0. The molecule has 1 heterocycles. The van der Waals surface area contributed by atoms with E-state index in [0.29, 0.717) is 63.6 Å². The second-order valence-corrected chi connectivity index (χ2v) is 17.7. The summed E-state index contributed by atoms with van der Waals surface area (Å²) >= 11 is 0. The Morgan fingerprint density at radius 3 is 1.32 bits per heavy atom. The molecule has 1 atom stereocenters. The third-order valence-electron chi connectivity index (χ3n) is 7.02. The van der Waals surface area contributed by atoms with Crippen LogP contribution in [0.2, 0.25) is 0 Å². The molecule has 1 unspecified atom stereocenters. The molecule has 5 aromatic carbocycles. The van der Waals surface area contributed by atoms with Crippen LogP contribution in [0.15, 0.2) is 126 Å². The first-order chi connectivity index (χ1) is 24.1. The van der Waals surface area contributed by atoms with Gasteiger partial charge in [0.05, 0.1) is 0 Å². The molecule has 0 saturated heterocycles. The Morgan fingerprint density at radius 2 is 0.940 bits per heavy atom. The summed E-state index contributed by atoms with van der Waals surface area (Å²) in [6, 6.07) is 34.0. The number of hydrogen-bond acceptors (Lipinski definition) is 14. The van der Waals surface area contributed by atoms with Crippen LogP contribution >= 0.6 is 24.1 Å². The van der Waals surface area contributed by atoms with Crippen LogP contribution in [0, 0.1) is 0 Å². The Bertz CT molecular complexity index is 1850. The van der Waals surface area contributed by atoms with Gasteiger partial charge >= 0.3 is 293 Å². The zero-order valence-corrected chi connectivity index (χ0v) is 29.9. The average molecular weight is 737 g/mol. The molecule has 1 aliphatic heterocycles. The van der Waals surface area contributed by atoms with Gasteiger partial charge in [-0.3, -0.25) is 0 Å². The van der Waals surface area contributed by atoms with Crippen molar-refractivity contribution in [1.82, 2.24) is 9.46 Å². The van der Waals surface area contributed by atoms with Gasteiger partial charge in [-0.25, -0.2) is 0 Å². The van der Waals surface area contributed by atoms with Crippen LogP contribution in [0.4, 0.5) is 28.4 Å². The summed E-state index contributed by atoms with van der Waals surface area (Å²) in [5.74, 6) is 1.74. The molecule has 6 rings (SSSR count). The van der Waals surface area contributed by atoms with E-state index in [1.54, 1.807) is 121 Å². The summed E-state index contributed by atoms with van der Waals surface area (Å²) in [5.41, 5.74) is 33.0. The number of rotatable bonds is 13. The maximum atomic E-state index is 7.04. The fourth-order valence-corrected chi connectivity index (χ4v) is 14.1. The molecule has 50 heavy (non-hydrogen) atoms. The van der Waals surface area contributed by atoms with Crippen LogP contribution in [-0.2, 0) is 4.52 Å². The number of nitrogens with zero attached hydrogens (tertiary/aromatic N) is 2. The second kappa shape index (κ2) is 14.5. The second-order valence-electron chi connectivity index (χ2n) is 11.0. The van der Waals surface area contributed by atoms with Gasteiger partial charge in [0.2, 0.25) is 0 Å². The molecule has 0 saturated carbocycles. The van der Waals surface area contributed by atoms with E-state index >= 15 is 0 Å². The summed E-state index contributed by atoms with van der Waals surface area (Å²) in [7, 11) is -9.60. The van der Waals surface area contributed by atoms with E-state index in [9.17, 15) is 0 Å². The molecule has 14 nitrogen and oxygen atoms in total. The maximum absolute atomic E-state index is 7.04. The first-order valence-electron chi connectivity index (χ1n) is 15.5. The number of benzene rings is 5. The summed E-state index contributed by atoms with van der Waals surface area (Å²) in [5, 5.41) is 0. The van der Waals surface area contributed by atoms with Gasteiger partial charge in [0.1, 0.15) is 0 Å². The molecule has 0 aromatic heterocycles. The fourth-order valence-electron chi connectivity index (χ4n) is 4.60. The van der Waals surface area contributed by atoms with Crippen LogP contribution in [0.1, 0.15) is 13.3 Å². The van der Waals surface area contributed by atoms with E-state index in [1.165, 1.54) is 4.60 Å². The van der Waals surface area contributed by atoms with Gasteiger partial charge in [-0.15, -0.1) is 0 Å². The zero-order chi connectivity index (χ0) is 35.2. The van der Waals surface area contributed by atoms with Crippen LogP contribution < -0.4 is 56.5 Å². The molecule has 0 amide bonds. The van der Waals surface area contributed by atoms with E-state index in [-0.39, 0.29) is 6.61 Å². The molecule has 17 heteroatoms. The normalized spacial score (nSPS) is 17.3. The molecule has 5 aromatic rings. The molecule has 1 aliphatic rings. The topological polar surface area (TPSA) is 213 Å². The predicted molar refractivity (Wildman–Crippen MR) is 203 cm³/mol. The van der Waals surface area contributed by atoms with Gasteiger partial charge in [-0.05, 0) is 0 Å². The van der Waals surface area contributed by atoms with Gasteiger partial charge in [0, 0.05) is 0 Å². The minimum atomic E-state index is -5.18. The summed E-state index contributed by atoms with van der Waals surface area (Å²) in [6.45, 7) is 2.10. The van der Waals surface area contributed by atoms with Crippen molar-refractivity contribution in [1.29, 1.82) is 0 Å². The van der Waals surface area contributed by atoms with E-state index in [1.807, 2.05) is 6.92 Å².